The molecule has 0 unspecified atom stereocenters. The Morgan fingerprint density at radius 2 is 1.95 bits per heavy atom. The predicted molar refractivity (Wildman–Crippen MR) is 76.8 cm³/mol. The number of thioether (sulfide) groups is 1. The van der Waals surface area contributed by atoms with E-state index in [1.807, 2.05) is 0 Å². The van der Waals surface area contributed by atoms with Gasteiger partial charge in [-0.25, -0.2) is 4.39 Å². The number of amides is 1. The summed E-state index contributed by atoms with van der Waals surface area (Å²) >= 11 is 1.36. The van der Waals surface area contributed by atoms with Gasteiger partial charge in [-0.3, -0.25) is 4.79 Å². The molecule has 1 aromatic carbocycles. The van der Waals surface area contributed by atoms with Crippen molar-refractivity contribution < 1.29 is 13.9 Å². The van der Waals surface area contributed by atoms with Gasteiger partial charge in [-0.1, -0.05) is 12.1 Å². The van der Waals surface area contributed by atoms with E-state index in [2.05, 4.69) is 9.89 Å². The van der Waals surface area contributed by atoms with Crippen LogP contribution in [0, 0.1) is 5.82 Å². The molecule has 0 bridgehead atoms. The normalized spacial score (nSPS) is 21.4. The van der Waals surface area contributed by atoms with E-state index >= 15 is 0 Å². The topological polar surface area (TPSA) is 41.9 Å². The number of nitrogens with zero attached hydrogens (tertiary/aromatic N) is 2. The van der Waals surface area contributed by atoms with Gasteiger partial charge < -0.3 is 9.64 Å². The molecule has 1 aromatic rings. The van der Waals surface area contributed by atoms with E-state index in [4.69, 9.17) is 4.74 Å². The number of ether oxygens (including phenoxy) is 1. The third-order valence-electron chi connectivity index (χ3n) is 3.06. The van der Waals surface area contributed by atoms with E-state index in [9.17, 15) is 9.18 Å². The van der Waals surface area contributed by atoms with E-state index in [1.54, 1.807) is 18.2 Å². The van der Waals surface area contributed by atoms with Gasteiger partial charge in [0.2, 0.25) is 0 Å². The molecule has 4 nitrogen and oxygen atoms in total. The second-order valence-corrected chi connectivity index (χ2v) is 5.47. The Balaban J connectivity index is 1.74. The molecule has 104 valence electrons. The van der Waals surface area contributed by atoms with Crippen molar-refractivity contribution in [2.75, 3.05) is 26.3 Å². The van der Waals surface area contributed by atoms with E-state index in [-0.39, 0.29) is 11.7 Å². The lowest BCUT2D eigenvalue weighted by Crippen LogP contribution is -2.38. The van der Waals surface area contributed by atoms with Crippen molar-refractivity contribution >= 4 is 28.9 Å². The van der Waals surface area contributed by atoms with Gasteiger partial charge in [0, 0.05) is 13.1 Å². The molecular formula is C14H13FN2O2S. The molecular weight excluding hydrogens is 279 g/mol. The fraction of sp³-hybridized carbons (Fsp3) is 0.286. The van der Waals surface area contributed by atoms with Crippen molar-refractivity contribution in [3.63, 3.8) is 0 Å². The van der Waals surface area contributed by atoms with Crippen LogP contribution in [0.5, 0.6) is 0 Å². The highest BCUT2D eigenvalue weighted by Crippen LogP contribution is 2.30. The second-order valence-electron chi connectivity index (χ2n) is 4.46. The molecule has 2 aliphatic heterocycles. The molecule has 6 heteroatoms. The Morgan fingerprint density at radius 3 is 2.65 bits per heavy atom. The number of carbonyl (C=O) groups excluding carboxylic acids is 1. The lowest BCUT2D eigenvalue weighted by atomic mass is 10.2. The van der Waals surface area contributed by atoms with Crippen molar-refractivity contribution in [3.05, 3.63) is 40.6 Å². The summed E-state index contributed by atoms with van der Waals surface area (Å²) in [7, 11) is 0. The van der Waals surface area contributed by atoms with Crippen molar-refractivity contribution in [2.45, 2.75) is 0 Å². The number of morpholine rings is 1. The van der Waals surface area contributed by atoms with Crippen molar-refractivity contribution in [1.29, 1.82) is 0 Å². The predicted octanol–water partition coefficient (Wildman–Crippen LogP) is 2.13. The zero-order valence-electron chi connectivity index (χ0n) is 10.7. The van der Waals surface area contributed by atoms with E-state index in [1.165, 1.54) is 23.9 Å². The molecule has 1 fully saturated rings. The maximum absolute atomic E-state index is 12.8. The zero-order chi connectivity index (χ0) is 13.9. The number of carbonyl (C=O) groups is 1. The highest BCUT2D eigenvalue weighted by Gasteiger charge is 2.26. The van der Waals surface area contributed by atoms with Gasteiger partial charge in [0.1, 0.15) is 5.82 Å². The molecule has 0 atom stereocenters. The molecule has 20 heavy (non-hydrogen) atoms. The van der Waals surface area contributed by atoms with Crippen LogP contribution >= 0.6 is 11.8 Å². The molecule has 0 N–H and O–H groups in total. The first-order valence-corrected chi connectivity index (χ1v) is 7.15. The van der Waals surface area contributed by atoms with Crippen molar-refractivity contribution in [2.24, 2.45) is 4.99 Å². The summed E-state index contributed by atoms with van der Waals surface area (Å²) < 4.78 is 18.1. The first kappa shape index (κ1) is 13.3. The summed E-state index contributed by atoms with van der Waals surface area (Å²) in [4.78, 5) is 18.6. The highest BCUT2D eigenvalue weighted by atomic mass is 32.2. The lowest BCUT2D eigenvalue weighted by molar-refractivity contribution is -0.113. The quantitative estimate of drug-likeness (QED) is 0.744. The monoisotopic (exact) mass is 292 g/mol. The minimum atomic E-state index is -0.289. The fourth-order valence-corrected chi connectivity index (χ4v) is 2.96. The Labute approximate surface area is 120 Å². The van der Waals surface area contributed by atoms with Crippen LogP contribution in [0.4, 0.5) is 4.39 Å². The molecule has 0 saturated carbocycles. The summed E-state index contributed by atoms with van der Waals surface area (Å²) in [5.41, 5.74) is 0.792. The molecule has 2 aliphatic rings. The van der Waals surface area contributed by atoms with Gasteiger partial charge in [-0.15, -0.1) is 0 Å². The fourth-order valence-electron chi connectivity index (χ4n) is 2.00. The van der Waals surface area contributed by atoms with Crippen molar-refractivity contribution in [3.8, 4) is 0 Å². The minimum Gasteiger partial charge on any atom is -0.378 e. The van der Waals surface area contributed by atoms with Crippen molar-refractivity contribution in [1.82, 2.24) is 4.90 Å². The third kappa shape index (κ3) is 2.91. The maximum atomic E-state index is 12.8. The standard InChI is InChI=1S/C14H13FN2O2S/c15-11-3-1-10(2-4-11)9-12-13(18)16-14(20-12)17-5-7-19-8-6-17/h1-4,9H,5-8H2/b12-9+. The summed E-state index contributed by atoms with van der Waals surface area (Å²) in [6.45, 7) is 2.82. The molecule has 0 aromatic heterocycles. The number of hydrogen-bond acceptors (Lipinski definition) is 4. The molecule has 1 amide bonds. The SMILES string of the molecule is O=C1N=C(N2CCOCC2)S/C1=C/c1ccc(F)cc1. The second kappa shape index (κ2) is 5.76. The smallest absolute Gasteiger partial charge is 0.286 e. The molecule has 0 aliphatic carbocycles. The number of rotatable bonds is 1. The molecule has 2 heterocycles. The van der Waals surface area contributed by atoms with Gasteiger partial charge >= 0.3 is 0 Å². The zero-order valence-corrected chi connectivity index (χ0v) is 11.5. The highest BCUT2D eigenvalue weighted by molar-refractivity contribution is 8.18. The number of hydrogen-bond donors (Lipinski definition) is 0. The Morgan fingerprint density at radius 1 is 1.25 bits per heavy atom. The average Bonchev–Trinajstić information content (AvgIpc) is 2.84. The lowest BCUT2D eigenvalue weighted by Gasteiger charge is -2.27. The van der Waals surface area contributed by atoms with Crippen LogP contribution in [-0.2, 0) is 9.53 Å². The van der Waals surface area contributed by atoms with Crippen LogP contribution in [0.25, 0.3) is 6.08 Å². The minimum absolute atomic E-state index is 0.235. The summed E-state index contributed by atoms with van der Waals surface area (Å²) in [5, 5.41) is 0.728. The van der Waals surface area contributed by atoms with Gasteiger partial charge in [0.25, 0.3) is 5.91 Å². The summed E-state index contributed by atoms with van der Waals surface area (Å²) in [6, 6.07) is 6.03. The number of amidine groups is 1. The van der Waals surface area contributed by atoms with Gasteiger partial charge in [-0.2, -0.15) is 4.99 Å². The largest absolute Gasteiger partial charge is 0.378 e. The number of aliphatic imine (C=N–C) groups is 1. The molecule has 0 radical (unpaired) electrons. The van der Waals surface area contributed by atoms with Gasteiger partial charge in [-0.05, 0) is 35.5 Å². The van der Waals surface area contributed by atoms with Crippen LogP contribution in [0.2, 0.25) is 0 Å². The number of halogens is 1. The maximum Gasteiger partial charge on any atom is 0.286 e. The third-order valence-corrected chi connectivity index (χ3v) is 4.10. The summed E-state index contributed by atoms with van der Waals surface area (Å²) in [6.07, 6.45) is 1.74. The van der Waals surface area contributed by atoms with Crippen LogP contribution in [-0.4, -0.2) is 42.3 Å². The Kier molecular flexibility index (Phi) is 3.84. The van der Waals surface area contributed by atoms with Crippen LogP contribution < -0.4 is 0 Å². The van der Waals surface area contributed by atoms with E-state index < -0.39 is 0 Å². The van der Waals surface area contributed by atoms with E-state index in [0.29, 0.717) is 18.1 Å². The first-order valence-electron chi connectivity index (χ1n) is 6.33. The summed E-state index contributed by atoms with van der Waals surface area (Å²) in [5.74, 6) is -0.524. The first-order chi connectivity index (χ1) is 9.72. The van der Waals surface area contributed by atoms with Crippen LogP contribution in [0.15, 0.2) is 34.2 Å². The molecule has 1 saturated heterocycles. The van der Waals surface area contributed by atoms with Crippen LogP contribution in [0.1, 0.15) is 5.56 Å². The number of benzene rings is 1. The average molecular weight is 292 g/mol. The van der Waals surface area contributed by atoms with Crippen LogP contribution in [0.3, 0.4) is 0 Å². The van der Waals surface area contributed by atoms with Gasteiger partial charge in [0.05, 0.1) is 18.1 Å². The molecule has 3 rings (SSSR count). The molecule has 0 spiro atoms. The van der Waals surface area contributed by atoms with Gasteiger partial charge in [0.15, 0.2) is 5.17 Å². The van der Waals surface area contributed by atoms with E-state index in [0.717, 1.165) is 23.8 Å². The Bertz CT molecular complexity index is 577. The Hall–Kier alpha value is -1.66.